The van der Waals surface area contributed by atoms with Gasteiger partial charge < -0.3 is 10.6 Å². The lowest BCUT2D eigenvalue weighted by atomic mass is 10.3. The largest absolute Gasteiger partial charge is 0.357 e. The molecule has 5 heteroatoms. The quantitative estimate of drug-likeness (QED) is 0.830. The number of hydrogen-bond donors (Lipinski definition) is 2. The molecule has 2 aromatic rings. The Labute approximate surface area is 112 Å². The first-order valence-corrected chi connectivity index (χ1v) is 6.15. The Morgan fingerprint density at radius 3 is 2.67 bits per heavy atom. The smallest absolute Gasteiger partial charge is 0.171 e. The van der Waals surface area contributed by atoms with Gasteiger partial charge in [-0.3, -0.25) is 4.68 Å². The van der Waals surface area contributed by atoms with E-state index in [1.165, 1.54) is 0 Å². The topological polar surface area (TPSA) is 41.9 Å². The van der Waals surface area contributed by atoms with Crippen LogP contribution in [0.25, 0.3) is 0 Å². The third-order valence-electron chi connectivity index (χ3n) is 2.56. The van der Waals surface area contributed by atoms with Gasteiger partial charge in [-0.05, 0) is 37.3 Å². The molecule has 0 saturated heterocycles. The predicted octanol–water partition coefficient (Wildman–Crippen LogP) is 2.22. The molecule has 0 atom stereocenters. The van der Waals surface area contributed by atoms with Crippen molar-refractivity contribution < 1.29 is 0 Å². The Kier molecular flexibility index (Phi) is 3.94. The van der Waals surface area contributed by atoms with E-state index in [9.17, 15) is 0 Å². The monoisotopic (exact) mass is 260 g/mol. The summed E-state index contributed by atoms with van der Waals surface area (Å²) in [4.78, 5) is 0. The van der Waals surface area contributed by atoms with Gasteiger partial charge in [0.15, 0.2) is 5.11 Å². The van der Waals surface area contributed by atoms with Crippen molar-refractivity contribution in [3.63, 3.8) is 0 Å². The fourth-order valence-electron chi connectivity index (χ4n) is 1.70. The van der Waals surface area contributed by atoms with Gasteiger partial charge in [0.05, 0.1) is 17.9 Å². The maximum absolute atomic E-state index is 5.23. The highest BCUT2D eigenvalue weighted by Gasteiger charge is 2.02. The molecule has 4 nitrogen and oxygen atoms in total. The van der Waals surface area contributed by atoms with Crippen molar-refractivity contribution in [1.82, 2.24) is 15.1 Å². The average molecular weight is 260 g/mol. The van der Waals surface area contributed by atoms with E-state index < -0.39 is 0 Å². The maximum atomic E-state index is 5.23. The van der Waals surface area contributed by atoms with Crippen molar-refractivity contribution in [2.75, 3.05) is 5.32 Å². The van der Waals surface area contributed by atoms with Crippen LogP contribution in [-0.4, -0.2) is 14.9 Å². The van der Waals surface area contributed by atoms with Crippen LogP contribution in [0.1, 0.15) is 11.4 Å². The van der Waals surface area contributed by atoms with Gasteiger partial charge in [0.1, 0.15) is 0 Å². The van der Waals surface area contributed by atoms with Crippen LogP contribution in [0.4, 0.5) is 5.69 Å². The summed E-state index contributed by atoms with van der Waals surface area (Å²) in [6.07, 6.45) is 0. The van der Waals surface area contributed by atoms with Gasteiger partial charge in [0, 0.05) is 12.7 Å². The van der Waals surface area contributed by atoms with Gasteiger partial charge in [0.25, 0.3) is 0 Å². The molecular weight excluding hydrogens is 244 g/mol. The normalized spacial score (nSPS) is 10.1. The van der Waals surface area contributed by atoms with Crippen LogP contribution >= 0.6 is 12.2 Å². The Morgan fingerprint density at radius 1 is 1.33 bits per heavy atom. The van der Waals surface area contributed by atoms with Crippen LogP contribution in [0.2, 0.25) is 0 Å². The van der Waals surface area contributed by atoms with Crippen LogP contribution < -0.4 is 10.6 Å². The van der Waals surface area contributed by atoms with E-state index in [2.05, 4.69) is 15.7 Å². The highest BCUT2D eigenvalue weighted by molar-refractivity contribution is 7.80. The SMILES string of the molecule is Cc1cc(CNC(=S)Nc2ccccc2)n(C)n1. The maximum Gasteiger partial charge on any atom is 0.171 e. The minimum Gasteiger partial charge on any atom is -0.357 e. The Morgan fingerprint density at radius 2 is 2.06 bits per heavy atom. The van der Waals surface area contributed by atoms with Crippen LogP contribution in [0.5, 0.6) is 0 Å². The van der Waals surface area contributed by atoms with E-state index in [1.807, 2.05) is 55.1 Å². The Bertz CT molecular complexity index is 533. The molecule has 2 rings (SSSR count). The number of nitrogens with zero attached hydrogens (tertiary/aromatic N) is 2. The summed E-state index contributed by atoms with van der Waals surface area (Å²) in [7, 11) is 1.93. The number of hydrogen-bond acceptors (Lipinski definition) is 2. The molecule has 0 unspecified atom stereocenters. The van der Waals surface area contributed by atoms with Crippen molar-refractivity contribution >= 4 is 23.0 Å². The van der Waals surface area contributed by atoms with Gasteiger partial charge in [-0.15, -0.1) is 0 Å². The van der Waals surface area contributed by atoms with E-state index in [4.69, 9.17) is 12.2 Å². The molecule has 1 heterocycles. The molecule has 0 aliphatic carbocycles. The van der Waals surface area contributed by atoms with Crippen LogP contribution in [0, 0.1) is 6.92 Å². The predicted molar refractivity (Wildman–Crippen MR) is 77.4 cm³/mol. The molecule has 0 radical (unpaired) electrons. The van der Waals surface area contributed by atoms with Gasteiger partial charge in [-0.1, -0.05) is 18.2 Å². The van der Waals surface area contributed by atoms with Gasteiger partial charge >= 0.3 is 0 Å². The van der Waals surface area contributed by atoms with E-state index in [0.29, 0.717) is 11.7 Å². The average Bonchev–Trinajstić information content (AvgIpc) is 2.66. The molecule has 0 aliphatic rings. The van der Waals surface area contributed by atoms with Crippen molar-refractivity contribution in [3.8, 4) is 0 Å². The number of para-hydroxylation sites is 1. The summed E-state index contributed by atoms with van der Waals surface area (Å²) in [6, 6.07) is 11.9. The Hall–Kier alpha value is -1.88. The highest BCUT2D eigenvalue weighted by atomic mass is 32.1. The summed E-state index contributed by atoms with van der Waals surface area (Å²) in [5, 5.41) is 11.2. The van der Waals surface area contributed by atoms with Crippen LogP contribution in [0.3, 0.4) is 0 Å². The molecule has 1 aromatic carbocycles. The molecule has 0 saturated carbocycles. The number of nitrogens with one attached hydrogen (secondary N) is 2. The molecule has 1 aromatic heterocycles. The summed E-state index contributed by atoms with van der Waals surface area (Å²) < 4.78 is 1.85. The van der Waals surface area contributed by atoms with Crippen molar-refractivity contribution in [1.29, 1.82) is 0 Å². The molecule has 0 spiro atoms. The number of anilines is 1. The number of thiocarbonyl (C=S) groups is 1. The first-order valence-electron chi connectivity index (χ1n) is 5.74. The number of benzene rings is 1. The lowest BCUT2D eigenvalue weighted by Crippen LogP contribution is -2.28. The fourth-order valence-corrected chi connectivity index (χ4v) is 1.89. The molecule has 0 bridgehead atoms. The zero-order valence-electron chi connectivity index (χ0n) is 10.5. The van der Waals surface area contributed by atoms with Crippen LogP contribution in [0.15, 0.2) is 36.4 Å². The zero-order chi connectivity index (χ0) is 13.0. The van der Waals surface area contributed by atoms with Crippen LogP contribution in [-0.2, 0) is 13.6 Å². The zero-order valence-corrected chi connectivity index (χ0v) is 11.3. The van der Waals surface area contributed by atoms with Crippen molar-refractivity contribution in [2.24, 2.45) is 7.05 Å². The highest BCUT2D eigenvalue weighted by Crippen LogP contribution is 2.05. The fraction of sp³-hybridized carbons (Fsp3) is 0.231. The molecule has 0 amide bonds. The third-order valence-corrected chi connectivity index (χ3v) is 2.81. The third kappa shape index (κ3) is 3.30. The summed E-state index contributed by atoms with van der Waals surface area (Å²) in [6.45, 7) is 2.64. The van der Waals surface area contributed by atoms with E-state index >= 15 is 0 Å². The number of aryl methyl sites for hydroxylation is 2. The van der Waals surface area contributed by atoms with Gasteiger partial charge in [0.2, 0.25) is 0 Å². The van der Waals surface area contributed by atoms with Crippen molar-refractivity contribution in [3.05, 3.63) is 47.8 Å². The number of rotatable bonds is 3. The van der Waals surface area contributed by atoms with E-state index in [-0.39, 0.29) is 0 Å². The lowest BCUT2D eigenvalue weighted by molar-refractivity contribution is 0.689. The van der Waals surface area contributed by atoms with Gasteiger partial charge in [-0.25, -0.2) is 0 Å². The molecule has 2 N–H and O–H groups in total. The van der Waals surface area contributed by atoms with E-state index in [0.717, 1.165) is 17.1 Å². The lowest BCUT2D eigenvalue weighted by Gasteiger charge is -2.10. The first kappa shape index (κ1) is 12.6. The number of aromatic nitrogens is 2. The van der Waals surface area contributed by atoms with Crippen molar-refractivity contribution in [2.45, 2.75) is 13.5 Å². The second-order valence-electron chi connectivity index (χ2n) is 4.07. The molecule has 94 valence electrons. The minimum atomic E-state index is 0.611. The molecule has 0 aliphatic heterocycles. The second kappa shape index (κ2) is 5.64. The summed E-state index contributed by atoms with van der Waals surface area (Å²) in [5.74, 6) is 0. The molecule has 18 heavy (non-hydrogen) atoms. The van der Waals surface area contributed by atoms with Gasteiger partial charge in [-0.2, -0.15) is 5.10 Å². The van der Waals surface area contributed by atoms with E-state index in [1.54, 1.807) is 0 Å². The first-order chi connectivity index (χ1) is 8.65. The second-order valence-corrected chi connectivity index (χ2v) is 4.48. The standard InChI is InChI=1S/C13H16N4S/c1-10-8-12(17(2)16-10)9-14-13(18)15-11-6-4-3-5-7-11/h3-8H,9H2,1-2H3,(H2,14,15,18). The minimum absolute atomic E-state index is 0.611. The summed E-state index contributed by atoms with van der Waals surface area (Å²) >= 11 is 5.23. The Balaban J connectivity index is 1.87. The molecular formula is C13H16N4S. The molecule has 0 fully saturated rings. The summed E-state index contributed by atoms with van der Waals surface area (Å²) in [5.41, 5.74) is 3.09.